The quantitative estimate of drug-likeness (QED) is 0.686. The van der Waals surface area contributed by atoms with E-state index in [9.17, 15) is 0 Å². The zero-order valence-corrected chi connectivity index (χ0v) is 8.50. The molecule has 0 aromatic heterocycles. The predicted molar refractivity (Wildman–Crippen MR) is 53.7 cm³/mol. The van der Waals surface area contributed by atoms with Gasteiger partial charge in [-0.05, 0) is 18.4 Å². The molecule has 0 bridgehead atoms. The summed E-state index contributed by atoms with van der Waals surface area (Å²) in [6.45, 7) is 0.760. The lowest BCUT2D eigenvalue weighted by molar-refractivity contribution is 0.228. The van der Waals surface area contributed by atoms with Crippen molar-refractivity contribution in [3.8, 4) is 0 Å². The van der Waals surface area contributed by atoms with Crippen LogP contribution in [-0.2, 0) is 4.74 Å². The molecule has 0 amide bonds. The Morgan fingerprint density at radius 2 is 2.30 bits per heavy atom. The highest BCUT2D eigenvalue weighted by molar-refractivity contribution is 14.0. The van der Waals surface area contributed by atoms with Crippen LogP contribution in [0.2, 0.25) is 0 Å². The Labute approximate surface area is 79.2 Å². The topological polar surface area (TPSA) is 9.23 Å². The van der Waals surface area contributed by atoms with E-state index >= 15 is 0 Å². The SMILES string of the molecule is COCC1=CCCC=C1.I. The Balaban J connectivity index is 0.000000810. The highest BCUT2D eigenvalue weighted by Crippen LogP contribution is 2.08. The van der Waals surface area contributed by atoms with Crippen molar-refractivity contribution in [1.29, 1.82) is 0 Å². The first kappa shape index (κ1) is 10.2. The van der Waals surface area contributed by atoms with Crippen molar-refractivity contribution in [1.82, 2.24) is 0 Å². The fourth-order valence-electron chi connectivity index (χ4n) is 0.941. The summed E-state index contributed by atoms with van der Waals surface area (Å²) >= 11 is 0. The number of hydrogen-bond acceptors (Lipinski definition) is 1. The first-order valence-corrected chi connectivity index (χ1v) is 3.28. The van der Waals surface area contributed by atoms with Gasteiger partial charge in [-0.25, -0.2) is 0 Å². The van der Waals surface area contributed by atoms with Crippen molar-refractivity contribution in [2.75, 3.05) is 13.7 Å². The number of hydrogen-bond donors (Lipinski definition) is 0. The molecule has 1 aliphatic carbocycles. The Morgan fingerprint density at radius 1 is 1.50 bits per heavy atom. The zero-order valence-electron chi connectivity index (χ0n) is 6.17. The number of halogens is 1. The molecule has 1 rings (SSSR count). The van der Waals surface area contributed by atoms with E-state index in [1.807, 2.05) is 0 Å². The van der Waals surface area contributed by atoms with E-state index in [-0.39, 0.29) is 24.0 Å². The van der Waals surface area contributed by atoms with Crippen LogP contribution in [0.15, 0.2) is 23.8 Å². The Kier molecular flexibility index (Phi) is 6.02. The maximum atomic E-state index is 4.96. The standard InChI is InChI=1S/C8H12O.HI/c1-9-7-8-5-3-2-4-6-8;/h3,5-6H,2,4,7H2,1H3;1H. The van der Waals surface area contributed by atoms with Crippen LogP contribution in [0.1, 0.15) is 12.8 Å². The predicted octanol–water partition coefficient (Wildman–Crippen LogP) is 2.53. The molecule has 0 aromatic carbocycles. The normalized spacial score (nSPS) is 15.9. The van der Waals surface area contributed by atoms with Crippen LogP contribution >= 0.6 is 24.0 Å². The van der Waals surface area contributed by atoms with Crippen LogP contribution in [0.25, 0.3) is 0 Å². The molecule has 0 radical (unpaired) electrons. The molecule has 0 spiro atoms. The average Bonchev–Trinajstić information content (AvgIpc) is 1.91. The highest BCUT2D eigenvalue weighted by Gasteiger charge is 1.93. The minimum absolute atomic E-state index is 0. The van der Waals surface area contributed by atoms with E-state index in [1.165, 1.54) is 18.4 Å². The van der Waals surface area contributed by atoms with Crippen LogP contribution in [0.4, 0.5) is 0 Å². The minimum atomic E-state index is 0. The minimum Gasteiger partial charge on any atom is -0.380 e. The largest absolute Gasteiger partial charge is 0.380 e. The van der Waals surface area contributed by atoms with Gasteiger partial charge in [0, 0.05) is 7.11 Å². The van der Waals surface area contributed by atoms with Crippen molar-refractivity contribution in [2.45, 2.75) is 12.8 Å². The summed E-state index contributed by atoms with van der Waals surface area (Å²) in [5.41, 5.74) is 1.31. The van der Waals surface area contributed by atoms with Crippen LogP contribution in [-0.4, -0.2) is 13.7 Å². The van der Waals surface area contributed by atoms with Crippen LogP contribution in [0.5, 0.6) is 0 Å². The highest BCUT2D eigenvalue weighted by atomic mass is 127. The molecule has 0 aromatic rings. The number of rotatable bonds is 2. The van der Waals surface area contributed by atoms with Crippen LogP contribution in [0.3, 0.4) is 0 Å². The van der Waals surface area contributed by atoms with E-state index < -0.39 is 0 Å². The summed E-state index contributed by atoms with van der Waals surface area (Å²) in [4.78, 5) is 0. The van der Waals surface area contributed by atoms with E-state index in [0.29, 0.717) is 0 Å². The third-order valence-corrected chi connectivity index (χ3v) is 1.38. The molecule has 0 saturated carbocycles. The first-order chi connectivity index (χ1) is 4.43. The smallest absolute Gasteiger partial charge is 0.0709 e. The van der Waals surface area contributed by atoms with Crippen molar-refractivity contribution >= 4 is 24.0 Å². The summed E-state index contributed by atoms with van der Waals surface area (Å²) in [5, 5.41) is 0. The summed E-state index contributed by atoms with van der Waals surface area (Å²) < 4.78 is 4.96. The van der Waals surface area contributed by atoms with Crippen LogP contribution < -0.4 is 0 Å². The van der Waals surface area contributed by atoms with Gasteiger partial charge in [0.15, 0.2) is 0 Å². The molecule has 1 aliphatic rings. The van der Waals surface area contributed by atoms with Crippen molar-refractivity contribution in [3.05, 3.63) is 23.8 Å². The first-order valence-electron chi connectivity index (χ1n) is 3.28. The number of methoxy groups -OCH3 is 1. The van der Waals surface area contributed by atoms with Gasteiger partial charge in [-0.2, -0.15) is 0 Å². The van der Waals surface area contributed by atoms with Gasteiger partial charge in [-0.15, -0.1) is 24.0 Å². The van der Waals surface area contributed by atoms with E-state index in [0.717, 1.165) is 6.61 Å². The molecule has 0 unspecified atom stereocenters. The molecule has 0 saturated heterocycles. The molecule has 0 fully saturated rings. The molecule has 10 heavy (non-hydrogen) atoms. The Morgan fingerprint density at radius 3 is 2.80 bits per heavy atom. The van der Waals surface area contributed by atoms with Crippen molar-refractivity contribution < 1.29 is 4.74 Å². The van der Waals surface area contributed by atoms with Crippen molar-refractivity contribution in [3.63, 3.8) is 0 Å². The van der Waals surface area contributed by atoms with E-state index in [4.69, 9.17) is 4.74 Å². The van der Waals surface area contributed by atoms with Gasteiger partial charge in [0.1, 0.15) is 0 Å². The van der Waals surface area contributed by atoms with Gasteiger partial charge in [-0.1, -0.05) is 18.2 Å². The van der Waals surface area contributed by atoms with E-state index in [2.05, 4.69) is 18.2 Å². The third kappa shape index (κ3) is 3.37. The summed E-state index contributed by atoms with van der Waals surface area (Å²) in [6, 6.07) is 0. The zero-order chi connectivity index (χ0) is 6.53. The lowest BCUT2D eigenvalue weighted by Crippen LogP contribution is -1.93. The van der Waals surface area contributed by atoms with Gasteiger partial charge in [0.2, 0.25) is 0 Å². The molecular formula is C8H13IO. The number of allylic oxidation sites excluding steroid dienone is 2. The molecule has 0 N–H and O–H groups in total. The Hall–Kier alpha value is 0.170. The monoisotopic (exact) mass is 252 g/mol. The second-order valence-corrected chi connectivity index (χ2v) is 2.19. The molecular weight excluding hydrogens is 239 g/mol. The molecule has 2 heteroatoms. The molecule has 0 heterocycles. The second kappa shape index (κ2) is 5.92. The Bertz CT molecular complexity index is 138. The maximum absolute atomic E-state index is 4.96. The lowest BCUT2D eigenvalue weighted by Gasteiger charge is -2.03. The average molecular weight is 252 g/mol. The number of ether oxygens (including phenoxy) is 1. The van der Waals surface area contributed by atoms with Crippen LogP contribution in [0, 0.1) is 0 Å². The van der Waals surface area contributed by atoms with Gasteiger partial charge in [0.25, 0.3) is 0 Å². The third-order valence-electron chi connectivity index (χ3n) is 1.38. The van der Waals surface area contributed by atoms with Gasteiger partial charge < -0.3 is 4.74 Å². The van der Waals surface area contributed by atoms with E-state index in [1.54, 1.807) is 7.11 Å². The van der Waals surface area contributed by atoms with Crippen molar-refractivity contribution in [2.24, 2.45) is 0 Å². The van der Waals surface area contributed by atoms with Gasteiger partial charge >= 0.3 is 0 Å². The fourth-order valence-corrected chi connectivity index (χ4v) is 0.941. The summed E-state index contributed by atoms with van der Waals surface area (Å²) in [6.07, 6.45) is 8.91. The summed E-state index contributed by atoms with van der Waals surface area (Å²) in [5.74, 6) is 0. The van der Waals surface area contributed by atoms with Gasteiger partial charge in [-0.3, -0.25) is 0 Å². The molecule has 0 atom stereocenters. The molecule has 0 aliphatic heterocycles. The molecule has 1 nitrogen and oxygen atoms in total. The summed E-state index contributed by atoms with van der Waals surface area (Å²) in [7, 11) is 1.73. The fraction of sp³-hybridized carbons (Fsp3) is 0.500. The lowest BCUT2D eigenvalue weighted by atomic mass is 10.1. The second-order valence-electron chi connectivity index (χ2n) is 2.19. The maximum Gasteiger partial charge on any atom is 0.0709 e. The van der Waals surface area contributed by atoms with Gasteiger partial charge in [0.05, 0.1) is 6.61 Å². The molecule has 58 valence electrons.